The smallest absolute Gasteiger partial charge is 0.0561 e. The molecular formula is C63H46N2. The van der Waals surface area contributed by atoms with Crippen LogP contribution in [0.15, 0.2) is 243 Å². The largest absolute Gasteiger partial charge is 0.310 e. The van der Waals surface area contributed by atoms with Crippen molar-refractivity contribution >= 4 is 38.9 Å². The van der Waals surface area contributed by atoms with Crippen molar-refractivity contribution in [3.8, 4) is 61.3 Å². The van der Waals surface area contributed by atoms with Crippen molar-refractivity contribution in [3.05, 3.63) is 254 Å². The van der Waals surface area contributed by atoms with Crippen molar-refractivity contribution in [2.24, 2.45) is 0 Å². The van der Waals surface area contributed by atoms with Crippen LogP contribution in [0.1, 0.15) is 25.0 Å². The Kier molecular flexibility index (Phi) is 9.21. The predicted octanol–water partition coefficient (Wildman–Crippen LogP) is 17.2. The Morgan fingerprint density at radius 3 is 1.58 bits per heavy atom. The minimum atomic E-state index is -0.241. The number of aromatic nitrogens is 1. The van der Waals surface area contributed by atoms with E-state index in [-0.39, 0.29) is 5.41 Å². The fourth-order valence-corrected chi connectivity index (χ4v) is 10.5. The van der Waals surface area contributed by atoms with E-state index in [0.717, 1.165) is 28.3 Å². The van der Waals surface area contributed by atoms with Gasteiger partial charge in [-0.05, 0) is 116 Å². The highest BCUT2D eigenvalue weighted by atomic mass is 15.1. The molecule has 0 atom stereocenters. The van der Waals surface area contributed by atoms with Gasteiger partial charge >= 0.3 is 0 Å². The van der Waals surface area contributed by atoms with Gasteiger partial charge in [-0.2, -0.15) is 0 Å². The van der Waals surface area contributed by atoms with Crippen LogP contribution in [-0.2, 0) is 5.41 Å². The van der Waals surface area contributed by atoms with Gasteiger partial charge < -0.3 is 9.47 Å². The SMILES string of the molecule is CC1(C)c2cc(-c3ccccc3)ccc2-c2ccc(N(c3ccc4c5ccccc5n(-c5ccccc5)c4c3)c3cccc(-c4ccccc4)c3-c3ccccc3-c3ccccc3)cc21. The molecule has 65 heavy (non-hydrogen) atoms. The Morgan fingerprint density at radius 1 is 0.338 bits per heavy atom. The Hall–Kier alpha value is -8.20. The van der Waals surface area contributed by atoms with E-state index in [4.69, 9.17) is 0 Å². The highest BCUT2D eigenvalue weighted by Gasteiger charge is 2.37. The summed E-state index contributed by atoms with van der Waals surface area (Å²) in [6.07, 6.45) is 0. The fraction of sp³-hybridized carbons (Fsp3) is 0.0476. The molecule has 0 saturated heterocycles. The summed E-state index contributed by atoms with van der Waals surface area (Å²) < 4.78 is 2.42. The van der Waals surface area contributed by atoms with Gasteiger partial charge in [-0.25, -0.2) is 0 Å². The standard InChI is InChI=1S/C63H46N2/c1-63(2)57-40-46(43-20-7-3-8-21-43)34-37-52(57)53-38-35-48(41-58(53)63)64(49-36-39-55-54-29-17-18-32-59(54)65(61(55)42-49)47-26-13-6-14-27-47)60-33-19-31-51(45-24-11-5-12-25-45)62(60)56-30-16-15-28-50(56)44-22-9-4-10-23-44/h3-42H,1-2H3. The summed E-state index contributed by atoms with van der Waals surface area (Å²) in [6, 6.07) is 89.0. The minimum Gasteiger partial charge on any atom is -0.310 e. The fourth-order valence-electron chi connectivity index (χ4n) is 10.5. The van der Waals surface area contributed by atoms with Crippen molar-refractivity contribution in [2.45, 2.75) is 19.3 Å². The highest BCUT2D eigenvalue weighted by molar-refractivity contribution is 6.11. The van der Waals surface area contributed by atoms with Crippen molar-refractivity contribution in [3.63, 3.8) is 0 Å². The van der Waals surface area contributed by atoms with Crippen LogP contribution in [0.3, 0.4) is 0 Å². The molecule has 1 aromatic heterocycles. The van der Waals surface area contributed by atoms with E-state index in [9.17, 15) is 0 Å². The lowest BCUT2D eigenvalue weighted by molar-refractivity contribution is 0.660. The van der Waals surface area contributed by atoms with Crippen LogP contribution in [0.2, 0.25) is 0 Å². The first-order valence-corrected chi connectivity index (χ1v) is 22.6. The van der Waals surface area contributed by atoms with Gasteiger partial charge in [0.2, 0.25) is 0 Å². The topological polar surface area (TPSA) is 8.17 Å². The normalized spacial score (nSPS) is 12.6. The lowest BCUT2D eigenvalue weighted by Gasteiger charge is -2.31. The van der Waals surface area contributed by atoms with E-state index >= 15 is 0 Å². The lowest BCUT2D eigenvalue weighted by atomic mass is 9.81. The summed E-state index contributed by atoms with van der Waals surface area (Å²) in [5.74, 6) is 0. The molecule has 0 spiro atoms. The van der Waals surface area contributed by atoms with Gasteiger partial charge in [-0.1, -0.05) is 202 Å². The minimum absolute atomic E-state index is 0.241. The Bertz CT molecular complexity index is 3550. The molecule has 0 fully saturated rings. The van der Waals surface area contributed by atoms with E-state index in [1.807, 2.05) is 0 Å². The number of anilines is 3. The van der Waals surface area contributed by atoms with Gasteiger partial charge in [0.05, 0.1) is 16.7 Å². The molecule has 0 radical (unpaired) electrons. The maximum atomic E-state index is 2.52. The molecule has 0 saturated carbocycles. The number of para-hydroxylation sites is 2. The molecule has 10 aromatic carbocycles. The van der Waals surface area contributed by atoms with Crippen LogP contribution in [-0.4, -0.2) is 4.57 Å². The summed E-state index contributed by atoms with van der Waals surface area (Å²) in [7, 11) is 0. The van der Waals surface area contributed by atoms with E-state index in [0.29, 0.717) is 0 Å². The lowest BCUT2D eigenvalue weighted by Crippen LogP contribution is -2.17. The Morgan fingerprint density at radius 2 is 0.862 bits per heavy atom. The first-order chi connectivity index (χ1) is 32.0. The van der Waals surface area contributed by atoms with Crippen LogP contribution >= 0.6 is 0 Å². The number of fused-ring (bicyclic) bond motifs is 6. The molecule has 0 bridgehead atoms. The molecular weight excluding hydrogens is 785 g/mol. The first kappa shape index (κ1) is 38.5. The summed E-state index contributed by atoms with van der Waals surface area (Å²) >= 11 is 0. The van der Waals surface area contributed by atoms with Gasteiger partial charge in [0.1, 0.15) is 0 Å². The maximum absolute atomic E-state index is 2.52. The maximum Gasteiger partial charge on any atom is 0.0561 e. The van der Waals surface area contributed by atoms with Gasteiger partial charge in [0.25, 0.3) is 0 Å². The molecule has 2 nitrogen and oxygen atoms in total. The molecule has 12 rings (SSSR count). The molecule has 1 aliphatic rings. The molecule has 2 heteroatoms. The zero-order chi connectivity index (χ0) is 43.5. The summed E-state index contributed by atoms with van der Waals surface area (Å²) in [6.45, 7) is 4.78. The second-order valence-electron chi connectivity index (χ2n) is 17.7. The number of nitrogens with zero attached hydrogens (tertiary/aromatic N) is 2. The predicted molar refractivity (Wildman–Crippen MR) is 275 cm³/mol. The zero-order valence-corrected chi connectivity index (χ0v) is 36.5. The number of benzene rings is 10. The Balaban J connectivity index is 1.14. The molecule has 308 valence electrons. The zero-order valence-electron chi connectivity index (χ0n) is 36.5. The van der Waals surface area contributed by atoms with Crippen molar-refractivity contribution < 1.29 is 0 Å². The molecule has 1 heterocycles. The van der Waals surface area contributed by atoms with Gasteiger partial charge in [-0.15, -0.1) is 0 Å². The third-order valence-corrected chi connectivity index (χ3v) is 13.6. The summed E-state index contributed by atoms with van der Waals surface area (Å²) in [5.41, 5.74) is 21.4. The van der Waals surface area contributed by atoms with E-state index in [1.54, 1.807) is 0 Å². The molecule has 0 N–H and O–H groups in total. The average molecular weight is 831 g/mol. The third kappa shape index (κ3) is 6.40. The monoisotopic (exact) mass is 830 g/mol. The van der Waals surface area contributed by atoms with Gasteiger partial charge in [0.15, 0.2) is 0 Å². The summed E-state index contributed by atoms with van der Waals surface area (Å²) in [5, 5.41) is 2.46. The first-order valence-electron chi connectivity index (χ1n) is 22.6. The van der Waals surface area contributed by atoms with E-state index in [2.05, 4.69) is 266 Å². The number of hydrogen-bond donors (Lipinski definition) is 0. The highest BCUT2D eigenvalue weighted by Crippen LogP contribution is 2.54. The van der Waals surface area contributed by atoms with Crippen LogP contribution in [0.5, 0.6) is 0 Å². The van der Waals surface area contributed by atoms with Gasteiger partial charge in [0, 0.05) is 38.8 Å². The molecule has 0 unspecified atom stereocenters. The van der Waals surface area contributed by atoms with Crippen molar-refractivity contribution in [2.75, 3.05) is 4.90 Å². The van der Waals surface area contributed by atoms with E-state index < -0.39 is 0 Å². The molecule has 1 aliphatic carbocycles. The third-order valence-electron chi connectivity index (χ3n) is 13.6. The molecule has 11 aromatic rings. The number of hydrogen-bond acceptors (Lipinski definition) is 1. The summed E-state index contributed by atoms with van der Waals surface area (Å²) in [4.78, 5) is 2.52. The second-order valence-corrected chi connectivity index (χ2v) is 17.7. The van der Waals surface area contributed by atoms with E-state index in [1.165, 1.54) is 83.1 Å². The quantitative estimate of drug-likeness (QED) is 0.148. The van der Waals surface area contributed by atoms with Crippen LogP contribution in [0.25, 0.3) is 83.1 Å². The van der Waals surface area contributed by atoms with Crippen LogP contribution in [0, 0.1) is 0 Å². The Labute approximate surface area is 381 Å². The number of rotatable bonds is 8. The van der Waals surface area contributed by atoms with Crippen LogP contribution in [0.4, 0.5) is 17.1 Å². The van der Waals surface area contributed by atoms with Gasteiger partial charge in [-0.3, -0.25) is 0 Å². The second kappa shape index (κ2) is 15.6. The molecule has 0 amide bonds. The average Bonchev–Trinajstić information content (AvgIpc) is 3.82. The van der Waals surface area contributed by atoms with Crippen molar-refractivity contribution in [1.82, 2.24) is 4.57 Å². The molecule has 0 aliphatic heterocycles. The van der Waals surface area contributed by atoms with Crippen molar-refractivity contribution in [1.29, 1.82) is 0 Å². The van der Waals surface area contributed by atoms with Crippen LogP contribution < -0.4 is 4.90 Å².